The van der Waals surface area contributed by atoms with E-state index in [0.29, 0.717) is 6.54 Å². The van der Waals surface area contributed by atoms with Crippen LogP contribution in [0.25, 0.3) is 0 Å². The summed E-state index contributed by atoms with van der Waals surface area (Å²) in [7, 11) is 0. The number of hydrogen-bond donors (Lipinski definition) is 0. The molecule has 0 unspecified atom stereocenters. The molecule has 2 aliphatic heterocycles. The lowest BCUT2D eigenvalue weighted by atomic mass is 9.94. The van der Waals surface area contributed by atoms with Gasteiger partial charge in [0.1, 0.15) is 6.54 Å². The van der Waals surface area contributed by atoms with E-state index < -0.39 is 0 Å². The molecule has 2 saturated heterocycles. The van der Waals surface area contributed by atoms with Gasteiger partial charge in [0.15, 0.2) is 0 Å². The van der Waals surface area contributed by atoms with E-state index in [0.717, 1.165) is 58.2 Å². The third kappa shape index (κ3) is 4.82. The first-order chi connectivity index (χ1) is 11.7. The van der Waals surface area contributed by atoms with E-state index in [2.05, 4.69) is 0 Å². The van der Waals surface area contributed by atoms with Crippen LogP contribution in [0.5, 0.6) is 0 Å². The van der Waals surface area contributed by atoms with Gasteiger partial charge in [-0.25, -0.2) is 0 Å². The first-order valence-electron chi connectivity index (χ1n) is 9.60. The summed E-state index contributed by atoms with van der Waals surface area (Å²) >= 11 is 0. The zero-order chi connectivity index (χ0) is 16.8. The van der Waals surface area contributed by atoms with Crippen molar-refractivity contribution in [3.05, 3.63) is 11.6 Å². The van der Waals surface area contributed by atoms with Gasteiger partial charge in [-0.2, -0.15) is 0 Å². The monoisotopic (exact) mass is 334 g/mol. The minimum atomic E-state index is -0.00468. The highest BCUT2D eigenvalue weighted by molar-refractivity contribution is 5.92. The van der Waals surface area contributed by atoms with Crippen molar-refractivity contribution in [2.24, 2.45) is 0 Å². The van der Waals surface area contributed by atoms with Crippen molar-refractivity contribution < 1.29 is 14.3 Å². The molecule has 0 radical (unpaired) electrons. The summed E-state index contributed by atoms with van der Waals surface area (Å²) in [6.45, 7) is 3.18. The molecule has 0 spiro atoms. The Morgan fingerprint density at radius 1 is 1.08 bits per heavy atom. The maximum absolute atomic E-state index is 12.8. The van der Waals surface area contributed by atoms with Crippen LogP contribution in [0.2, 0.25) is 0 Å². The van der Waals surface area contributed by atoms with Crippen LogP contribution in [-0.2, 0) is 14.3 Å². The standard InChI is InChI=1S/C19H30N2O3/c22-18(13-16-7-2-1-3-8-16)21(14-17-9-6-12-24-17)15-19(23)20-10-4-5-11-20/h13,17H,1-12,14-15H2/t17-/m1/s1. The van der Waals surface area contributed by atoms with Crippen molar-refractivity contribution in [2.45, 2.75) is 63.9 Å². The number of rotatable bonds is 5. The molecule has 1 saturated carbocycles. The van der Waals surface area contributed by atoms with Crippen LogP contribution in [0.15, 0.2) is 11.6 Å². The van der Waals surface area contributed by atoms with Crippen LogP contribution in [0.1, 0.15) is 57.8 Å². The molecule has 5 heteroatoms. The van der Waals surface area contributed by atoms with Crippen molar-refractivity contribution >= 4 is 11.8 Å². The molecule has 3 aliphatic rings. The second kappa shape index (κ2) is 8.65. The fourth-order valence-corrected chi connectivity index (χ4v) is 3.91. The molecular weight excluding hydrogens is 304 g/mol. The van der Waals surface area contributed by atoms with Crippen LogP contribution in [0.3, 0.4) is 0 Å². The summed E-state index contributed by atoms with van der Waals surface area (Å²) in [4.78, 5) is 28.9. The van der Waals surface area contributed by atoms with Crippen LogP contribution < -0.4 is 0 Å². The number of allylic oxidation sites excluding steroid dienone is 1. The largest absolute Gasteiger partial charge is 0.376 e. The molecule has 0 aromatic rings. The molecule has 0 aromatic heterocycles. The van der Waals surface area contributed by atoms with Crippen molar-refractivity contribution in [2.75, 3.05) is 32.8 Å². The Bertz CT molecular complexity index is 469. The number of ether oxygens (including phenoxy) is 1. The Morgan fingerprint density at radius 3 is 2.50 bits per heavy atom. The maximum Gasteiger partial charge on any atom is 0.247 e. The van der Waals surface area contributed by atoms with Crippen molar-refractivity contribution in [3.63, 3.8) is 0 Å². The van der Waals surface area contributed by atoms with E-state index in [-0.39, 0.29) is 24.5 Å². The molecule has 2 amide bonds. The maximum atomic E-state index is 12.8. The zero-order valence-corrected chi connectivity index (χ0v) is 14.7. The van der Waals surface area contributed by atoms with Gasteiger partial charge in [-0.15, -0.1) is 0 Å². The summed E-state index contributed by atoms with van der Waals surface area (Å²) in [6.07, 6.45) is 11.8. The molecule has 3 rings (SSSR count). The van der Waals surface area contributed by atoms with E-state index in [9.17, 15) is 9.59 Å². The van der Waals surface area contributed by atoms with Gasteiger partial charge in [0.05, 0.1) is 6.10 Å². The molecule has 5 nitrogen and oxygen atoms in total. The van der Waals surface area contributed by atoms with Crippen LogP contribution in [-0.4, -0.2) is 60.5 Å². The Kier molecular flexibility index (Phi) is 6.30. The summed E-state index contributed by atoms with van der Waals surface area (Å²) < 4.78 is 5.69. The molecule has 134 valence electrons. The minimum Gasteiger partial charge on any atom is -0.376 e. The highest BCUT2D eigenvalue weighted by Crippen LogP contribution is 2.23. The zero-order valence-electron chi connectivity index (χ0n) is 14.7. The molecule has 3 fully saturated rings. The van der Waals surface area contributed by atoms with Crippen LogP contribution >= 0.6 is 0 Å². The minimum absolute atomic E-state index is 0.00468. The summed E-state index contributed by atoms with van der Waals surface area (Å²) in [5, 5.41) is 0. The van der Waals surface area contributed by atoms with E-state index in [1.165, 1.54) is 24.8 Å². The summed E-state index contributed by atoms with van der Waals surface area (Å²) in [5.74, 6) is 0.0795. The van der Waals surface area contributed by atoms with Crippen molar-refractivity contribution in [1.82, 2.24) is 9.80 Å². The number of amides is 2. The summed E-state index contributed by atoms with van der Waals surface area (Å²) in [6, 6.07) is 0. The predicted molar refractivity (Wildman–Crippen MR) is 92.5 cm³/mol. The lowest BCUT2D eigenvalue weighted by Crippen LogP contribution is -2.44. The Hall–Kier alpha value is -1.36. The number of carbonyl (C=O) groups excluding carboxylic acids is 2. The van der Waals surface area contributed by atoms with Crippen molar-refractivity contribution in [3.8, 4) is 0 Å². The quantitative estimate of drug-likeness (QED) is 0.726. The Labute approximate surface area is 145 Å². The molecule has 0 bridgehead atoms. The van der Waals surface area contributed by atoms with E-state index in [4.69, 9.17) is 4.74 Å². The smallest absolute Gasteiger partial charge is 0.247 e. The fraction of sp³-hybridized carbons (Fsp3) is 0.789. The van der Waals surface area contributed by atoms with Gasteiger partial charge < -0.3 is 14.5 Å². The lowest BCUT2D eigenvalue weighted by Gasteiger charge is -2.27. The highest BCUT2D eigenvalue weighted by Gasteiger charge is 2.26. The average Bonchev–Trinajstić information content (AvgIpc) is 3.29. The Morgan fingerprint density at radius 2 is 1.83 bits per heavy atom. The third-order valence-electron chi connectivity index (χ3n) is 5.37. The fourth-order valence-electron chi connectivity index (χ4n) is 3.91. The number of nitrogens with zero attached hydrogens (tertiary/aromatic N) is 2. The van der Waals surface area contributed by atoms with Crippen molar-refractivity contribution in [1.29, 1.82) is 0 Å². The summed E-state index contributed by atoms with van der Waals surface area (Å²) in [5.41, 5.74) is 1.25. The molecule has 0 N–H and O–H groups in total. The predicted octanol–water partition coefficient (Wildman–Crippen LogP) is 2.51. The van der Waals surface area contributed by atoms with Gasteiger partial charge in [0.25, 0.3) is 0 Å². The molecule has 0 aromatic carbocycles. The lowest BCUT2D eigenvalue weighted by molar-refractivity contribution is -0.138. The molecule has 1 aliphatic carbocycles. The third-order valence-corrected chi connectivity index (χ3v) is 5.37. The topological polar surface area (TPSA) is 49.9 Å². The first kappa shape index (κ1) is 17.5. The van der Waals surface area contributed by atoms with Crippen LogP contribution in [0, 0.1) is 0 Å². The van der Waals surface area contributed by atoms with Gasteiger partial charge in [-0.1, -0.05) is 12.0 Å². The van der Waals surface area contributed by atoms with Gasteiger partial charge in [-0.3, -0.25) is 9.59 Å². The van der Waals surface area contributed by atoms with E-state index >= 15 is 0 Å². The molecule has 24 heavy (non-hydrogen) atoms. The van der Waals surface area contributed by atoms with Gasteiger partial charge in [0.2, 0.25) is 11.8 Å². The van der Waals surface area contributed by atoms with Crippen LogP contribution in [0.4, 0.5) is 0 Å². The SMILES string of the molecule is O=C(C=C1CCCCC1)N(CC(=O)N1CCCC1)C[C@H]1CCCO1. The second-order valence-corrected chi connectivity index (χ2v) is 7.30. The van der Waals surface area contributed by atoms with Gasteiger partial charge in [-0.05, 0) is 51.4 Å². The average molecular weight is 334 g/mol. The number of likely N-dealkylation sites (tertiary alicyclic amines) is 1. The molecule has 2 heterocycles. The number of hydrogen-bond acceptors (Lipinski definition) is 3. The normalized spacial score (nSPS) is 24.2. The second-order valence-electron chi connectivity index (χ2n) is 7.30. The first-order valence-corrected chi connectivity index (χ1v) is 9.60. The van der Waals surface area contributed by atoms with Gasteiger partial charge >= 0.3 is 0 Å². The van der Waals surface area contributed by atoms with Gasteiger partial charge in [0, 0.05) is 32.3 Å². The molecular formula is C19H30N2O3. The van der Waals surface area contributed by atoms with E-state index in [1.54, 1.807) is 11.0 Å². The Balaban J connectivity index is 1.63. The van der Waals surface area contributed by atoms with E-state index in [1.807, 2.05) is 4.90 Å². The highest BCUT2D eigenvalue weighted by atomic mass is 16.5. The molecule has 1 atom stereocenters. The number of carbonyl (C=O) groups is 2.